The number of rotatable bonds is 6. The molecule has 0 unspecified atom stereocenters. The lowest BCUT2D eigenvalue weighted by atomic mass is 10.2. The summed E-state index contributed by atoms with van der Waals surface area (Å²) in [6.45, 7) is 0. The summed E-state index contributed by atoms with van der Waals surface area (Å²) in [6, 6.07) is 9.09. The fourth-order valence-electron chi connectivity index (χ4n) is 2.04. The molecule has 2 aromatic rings. The Morgan fingerprint density at radius 2 is 1.88 bits per heavy atom. The largest absolute Gasteiger partial charge is 0.493 e. The Labute approximate surface area is 141 Å². The van der Waals surface area contributed by atoms with Crippen molar-refractivity contribution in [3.63, 3.8) is 0 Å². The summed E-state index contributed by atoms with van der Waals surface area (Å²) in [4.78, 5) is 18.1. The number of hydrogen-bond donors (Lipinski definition) is 1. The van der Waals surface area contributed by atoms with Crippen molar-refractivity contribution < 1.29 is 14.3 Å². The minimum Gasteiger partial charge on any atom is -0.493 e. The quantitative estimate of drug-likeness (QED) is 0.827. The average molecular weight is 327 g/mol. The number of ether oxygens (including phenoxy) is 2. The maximum Gasteiger partial charge on any atom is 0.248 e. The van der Waals surface area contributed by atoms with Crippen LogP contribution in [0.15, 0.2) is 42.6 Å². The molecule has 0 aliphatic heterocycles. The summed E-state index contributed by atoms with van der Waals surface area (Å²) >= 11 is 0. The van der Waals surface area contributed by atoms with Crippen LogP contribution in [-0.4, -0.2) is 39.2 Å². The molecule has 0 atom stereocenters. The summed E-state index contributed by atoms with van der Waals surface area (Å²) in [5.74, 6) is 1.85. The Bertz CT molecular complexity index is 725. The van der Waals surface area contributed by atoms with Gasteiger partial charge in [0.1, 0.15) is 5.82 Å². The van der Waals surface area contributed by atoms with Crippen LogP contribution in [0, 0.1) is 0 Å². The summed E-state index contributed by atoms with van der Waals surface area (Å²) in [7, 11) is 6.97. The van der Waals surface area contributed by atoms with Crippen LogP contribution >= 0.6 is 0 Å². The lowest BCUT2D eigenvalue weighted by Crippen LogP contribution is -2.12. The highest BCUT2D eigenvalue weighted by Gasteiger charge is 2.04. The Balaban J connectivity index is 2.02. The smallest absolute Gasteiger partial charge is 0.248 e. The van der Waals surface area contributed by atoms with E-state index in [4.69, 9.17) is 9.47 Å². The molecule has 0 saturated heterocycles. The first kappa shape index (κ1) is 17.3. The molecule has 0 fully saturated rings. The third kappa shape index (κ3) is 4.49. The van der Waals surface area contributed by atoms with Gasteiger partial charge >= 0.3 is 0 Å². The molecule has 1 heterocycles. The van der Waals surface area contributed by atoms with Gasteiger partial charge in [0.15, 0.2) is 11.5 Å². The number of carbonyl (C=O) groups excluding carboxylic acids is 1. The lowest BCUT2D eigenvalue weighted by Gasteiger charge is -2.11. The molecule has 1 N–H and O–H groups in total. The molecule has 0 aliphatic rings. The van der Waals surface area contributed by atoms with Crippen molar-refractivity contribution in [3.05, 3.63) is 48.2 Å². The lowest BCUT2D eigenvalue weighted by molar-refractivity contribution is -0.111. The molecule has 0 spiro atoms. The van der Waals surface area contributed by atoms with E-state index >= 15 is 0 Å². The van der Waals surface area contributed by atoms with Crippen LogP contribution < -0.4 is 19.7 Å². The van der Waals surface area contributed by atoms with Gasteiger partial charge in [0, 0.05) is 20.2 Å². The zero-order chi connectivity index (χ0) is 17.5. The molecular weight excluding hydrogens is 306 g/mol. The minimum atomic E-state index is -0.232. The standard InChI is InChI=1S/C18H21N3O3/c1-21(2)17-9-7-14(12-19-17)20-18(22)10-6-13-5-8-15(23-3)16(11-13)24-4/h5-12H,1-4H3,(H,20,22)/b10-6+. The van der Waals surface area contributed by atoms with E-state index in [1.54, 1.807) is 38.6 Å². The summed E-state index contributed by atoms with van der Waals surface area (Å²) in [5.41, 5.74) is 1.48. The van der Waals surface area contributed by atoms with Gasteiger partial charge in [0.05, 0.1) is 26.1 Å². The number of nitrogens with zero attached hydrogens (tertiary/aromatic N) is 2. The van der Waals surface area contributed by atoms with Gasteiger partial charge in [-0.05, 0) is 35.9 Å². The molecule has 1 aromatic heterocycles. The minimum absolute atomic E-state index is 0.232. The highest BCUT2D eigenvalue weighted by Crippen LogP contribution is 2.27. The number of methoxy groups -OCH3 is 2. The molecular formula is C18H21N3O3. The zero-order valence-corrected chi connectivity index (χ0v) is 14.2. The SMILES string of the molecule is COc1ccc(/C=C/C(=O)Nc2ccc(N(C)C)nc2)cc1OC. The highest BCUT2D eigenvalue weighted by molar-refractivity contribution is 6.01. The second kappa shape index (κ2) is 8.01. The molecule has 24 heavy (non-hydrogen) atoms. The van der Waals surface area contributed by atoms with Gasteiger partial charge in [0.25, 0.3) is 0 Å². The Morgan fingerprint density at radius 1 is 1.12 bits per heavy atom. The number of hydrogen-bond acceptors (Lipinski definition) is 5. The van der Waals surface area contributed by atoms with Crippen LogP contribution in [0.1, 0.15) is 5.56 Å². The van der Waals surface area contributed by atoms with Gasteiger partial charge in [-0.1, -0.05) is 6.07 Å². The molecule has 1 amide bonds. The zero-order valence-electron chi connectivity index (χ0n) is 14.2. The first-order valence-corrected chi connectivity index (χ1v) is 7.38. The van der Waals surface area contributed by atoms with Gasteiger partial charge in [-0.3, -0.25) is 4.79 Å². The van der Waals surface area contributed by atoms with E-state index in [-0.39, 0.29) is 5.91 Å². The monoisotopic (exact) mass is 327 g/mol. The van der Waals surface area contributed by atoms with Crippen molar-refractivity contribution in [2.45, 2.75) is 0 Å². The molecule has 0 radical (unpaired) electrons. The molecule has 0 aliphatic carbocycles. The van der Waals surface area contributed by atoms with Crippen LogP contribution in [0.2, 0.25) is 0 Å². The van der Waals surface area contributed by atoms with Crippen molar-refractivity contribution in [2.24, 2.45) is 0 Å². The Kier molecular flexibility index (Phi) is 5.78. The van der Waals surface area contributed by atoms with Crippen LogP contribution in [0.3, 0.4) is 0 Å². The number of aromatic nitrogens is 1. The average Bonchev–Trinajstić information content (AvgIpc) is 2.60. The Hall–Kier alpha value is -3.02. The molecule has 126 valence electrons. The molecule has 6 heteroatoms. The second-order valence-corrected chi connectivity index (χ2v) is 5.24. The fraction of sp³-hybridized carbons (Fsp3) is 0.222. The first-order chi connectivity index (χ1) is 11.5. The van der Waals surface area contributed by atoms with Crippen LogP contribution in [-0.2, 0) is 4.79 Å². The normalized spacial score (nSPS) is 10.5. The Morgan fingerprint density at radius 3 is 2.46 bits per heavy atom. The molecule has 0 saturated carbocycles. The number of pyridine rings is 1. The van der Waals surface area contributed by atoms with E-state index in [0.29, 0.717) is 17.2 Å². The van der Waals surface area contributed by atoms with Gasteiger partial charge in [0.2, 0.25) is 5.91 Å². The van der Waals surface area contributed by atoms with Crippen molar-refractivity contribution in [3.8, 4) is 11.5 Å². The maximum absolute atomic E-state index is 12.0. The van der Waals surface area contributed by atoms with Gasteiger partial charge < -0.3 is 19.7 Å². The molecule has 1 aromatic carbocycles. The van der Waals surface area contributed by atoms with E-state index in [2.05, 4.69) is 10.3 Å². The van der Waals surface area contributed by atoms with E-state index in [1.807, 2.05) is 37.2 Å². The van der Waals surface area contributed by atoms with Crippen LogP contribution in [0.4, 0.5) is 11.5 Å². The summed E-state index contributed by atoms with van der Waals surface area (Å²) in [5, 5.41) is 2.77. The van der Waals surface area contributed by atoms with E-state index in [9.17, 15) is 4.79 Å². The third-order valence-corrected chi connectivity index (χ3v) is 3.31. The number of amides is 1. The van der Waals surface area contributed by atoms with Gasteiger partial charge in [-0.2, -0.15) is 0 Å². The number of carbonyl (C=O) groups is 1. The predicted molar refractivity (Wildman–Crippen MR) is 95.8 cm³/mol. The molecule has 6 nitrogen and oxygen atoms in total. The fourth-order valence-corrected chi connectivity index (χ4v) is 2.04. The van der Waals surface area contributed by atoms with Crippen molar-refractivity contribution in [1.82, 2.24) is 4.98 Å². The summed E-state index contributed by atoms with van der Waals surface area (Å²) in [6.07, 6.45) is 4.79. The second-order valence-electron chi connectivity index (χ2n) is 5.24. The van der Waals surface area contributed by atoms with Crippen LogP contribution in [0.25, 0.3) is 6.08 Å². The predicted octanol–water partition coefficient (Wildman–Crippen LogP) is 2.82. The maximum atomic E-state index is 12.0. The summed E-state index contributed by atoms with van der Waals surface area (Å²) < 4.78 is 10.4. The topological polar surface area (TPSA) is 63.7 Å². The number of nitrogens with one attached hydrogen (secondary N) is 1. The van der Waals surface area contributed by atoms with Crippen molar-refractivity contribution in [1.29, 1.82) is 0 Å². The third-order valence-electron chi connectivity index (χ3n) is 3.31. The number of anilines is 2. The van der Waals surface area contributed by atoms with Crippen molar-refractivity contribution in [2.75, 3.05) is 38.5 Å². The molecule has 2 rings (SSSR count). The van der Waals surface area contributed by atoms with E-state index < -0.39 is 0 Å². The van der Waals surface area contributed by atoms with Crippen LogP contribution in [0.5, 0.6) is 11.5 Å². The number of benzene rings is 1. The van der Waals surface area contributed by atoms with Gasteiger partial charge in [-0.15, -0.1) is 0 Å². The van der Waals surface area contributed by atoms with E-state index in [0.717, 1.165) is 11.4 Å². The molecule has 0 bridgehead atoms. The highest BCUT2D eigenvalue weighted by atomic mass is 16.5. The van der Waals surface area contributed by atoms with Crippen molar-refractivity contribution >= 4 is 23.5 Å². The van der Waals surface area contributed by atoms with E-state index in [1.165, 1.54) is 6.08 Å². The first-order valence-electron chi connectivity index (χ1n) is 7.38. The van der Waals surface area contributed by atoms with Gasteiger partial charge in [-0.25, -0.2) is 4.98 Å².